The third kappa shape index (κ3) is 6.91. The molecule has 208 valence electrons. The number of nitrogens with one attached hydrogen (secondary N) is 2. The Hall–Kier alpha value is -4.53. The van der Waals surface area contributed by atoms with Crippen LogP contribution in [0.4, 0.5) is 0 Å². The lowest BCUT2D eigenvalue weighted by molar-refractivity contribution is -0.146. The van der Waals surface area contributed by atoms with Crippen LogP contribution >= 0.6 is 0 Å². The van der Waals surface area contributed by atoms with Gasteiger partial charge in [0.1, 0.15) is 11.9 Å². The monoisotopic (exact) mass is 543 g/mol. The van der Waals surface area contributed by atoms with Crippen LogP contribution in [0.15, 0.2) is 59.4 Å². The number of esters is 2. The molecule has 2 N–H and O–H groups in total. The van der Waals surface area contributed by atoms with Gasteiger partial charge in [-0.1, -0.05) is 36.4 Å². The van der Waals surface area contributed by atoms with Crippen molar-refractivity contribution in [3.8, 4) is 0 Å². The van der Waals surface area contributed by atoms with Crippen molar-refractivity contribution in [3.05, 3.63) is 87.5 Å². The topological polar surface area (TPSA) is 127 Å². The molecule has 0 unspecified atom stereocenters. The van der Waals surface area contributed by atoms with Crippen molar-refractivity contribution < 1.29 is 23.9 Å². The number of aryl methyl sites for hydroxylation is 3. The van der Waals surface area contributed by atoms with Crippen molar-refractivity contribution in [1.29, 1.82) is 0 Å². The molecule has 0 aliphatic carbocycles. The number of hydrogen-bond donors (Lipinski definition) is 2. The van der Waals surface area contributed by atoms with Gasteiger partial charge in [-0.15, -0.1) is 0 Å². The van der Waals surface area contributed by atoms with Gasteiger partial charge < -0.3 is 19.8 Å². The van der Waals surface area contributed by atoms with Crippen LogP contribution in [0.3, 0.4) is 0 Å². The lowest BCUT2D eigenvalue weighted by atomic mass is 9.98. The zero-order chi connectivity index (χ0) is 28.6. The second-order valence-electron chi connectivity index (χ2n) is 9.49. The Morgan fingerprint density at radius 3 is 2.33 bits per heavy atom. The highest BCUT2D eigenvalue weighted by molar-refractivity contribution is 6.05. The summed E-state index contributed by atoms with van der Waals surface area (Å²) < 4.78 is 9.98. The van der Waals surface area contributed by atoms with E-state index in [9.17, 15) is 19.2 Å². The number of aromatic nitrogens is 2. The van der Waals surface area contributed by atoms with E-state index >= 15 is 0 Å². The molecule has 0 saturated carbocycles. The molecule has 3 aromatic carbocycles. The Labute approximate surface area is 231 Å². The molecule has 0 saturated heterocycles. The van der Waals surface area contributed by atoms with E-state index in [1.54, 1.807) is 32.9 Å². The number of amides is 1. The Kier molecular flexibility index (Phi) is 9.27. The average Bonchev–Trinajstić information content (AvgIpc) is 2.94. The largest absolute Gasteiger partial charge is 0.466 e. The Balaban J connectivity index is 1.42. The van der Waals surface area contributed by atoms with Crippen molar-refractivity contribution >= 4 is 39.5 Å². The van der Waals surface area contributed by atoms with Crippen molar-refractivity contribution in [1.82, 2.24) is 15.3 Å². The summed E-state index contributed by atoms with van der Waals surface area (Å²) in [7, 11) is 0. The predicted octanol–water partition coefficient (Wildman–Crippen LogP) is 4.17. The summed E-state index contributed by atoms with van der Waals surface area (Å²) in [5.74, 6) is -0.872. The fourth-order valence-electron chi connectivity index (χ4n) is 4.62. The van der Waals surface area contributed by atoms with Crippen LogP contribution in [-0.2, 0) is 31.9 Å². The molecule has 1 atom stereocenters. The van der Waals surface area contributed by atoms with Gasteiger partial charge in [0.15, 0.2) is 0 Å². The Morgan fingerprint density at radius 2 is 1.60 bits per heavy atom. The van der Waals surface area contributed by atoms with Gasteiger partial charge in [-0.05, 0) is 80.1 Å². The second kappa shape index (κ2) is 13.0. The predicted molar refractivity (Wildman–Crippen MR) is 152 cm³/mol. The first-order valence-corrected chi connectivity index (χ1v) is 13.4. The number of ether oxygens (including phenoxy) is 2. The molecule has 0 aliphatic heterocycles. The first-order valence-electron chi connectivity index (χ1n) is 13.4. The van der Waals surface area contributed by atoms with E-state index < -0.39 is 23.9 Å². The second-order valence-corrected chi connectivity index (χ2v) is 9.49. The molecule has 0 spiro atoms. The fraction of sp³-hybridized carbons (Fsp3) is 0.323. The molecule has 0 fully saturated rings. The number of hydrogen-bond acceptors (Lipinski definition) is 7. The van der Waals surface area contributed by atoms with Gasteiger partial charge in [0.2, 0.25) is 0 Å². The molecule has 1 amide bonds. The molecule has 0 radical (unpaired) electrons. The zero-order valence-electron chi connectivity index (χ0n) is 22.9. The molecule has 1 heterocycles. The molecule has 9 nitrogen and oxygen atoms in total. The minimum absolute atomic E-state index is 0.00829. The lowest BCUT2D eigenvalue weighted by Gasteiger charge is -2.17. The molecular weight excluding hydrogens is 510 g/mol. The fourth-order valence-corrected chi connectivity index (χ4v) is 4.62. The first-order chi connectivity index (χ1) is 19.3. The molecular formula is C31H33N3O6. The molecule has 0 aliphatic rings. The summed E-state index contributed by atoms with van der Waals surface area (Å²) in [4.78, 5) is 56.8. The highest BCUT2D eigenvalue weighted by Gasteiger charge is 2.24. The van der Waals surface area contributed by atoms with Crippen molar-refractivity contribution in [2.24, 2.45) is 0 Å². The van der Waals surface area contributed by atoms with Crippen LogP contribution in [0.5, 0.6) is 0 Å². The third-order valence-corrected chi connectivity index (χ3v) is 6.61. The van der Waals surface area contributed by atoms with Gasteiger partial charge in [-0.25, -0.2) is 9.78 Å². The average molecular weight is 544 g/mol. The van der Waals surface area contributed by atoms with E-state index in [4.69, 9.17) is 9.47 Å². The third-order valence-electron chi connectivity index (χ3n) is 6.61. The smallest absolute Gasteiger partial charge is 0.328 e. The maximum atomic E-state index is 12.8. The van der Waals surface area contributed by atoms with Gasteiger partial charge in [-0.3, -0.25) is 14.4 Å². The number of carbonyl (C=O) groups is 3. The summed E-state index contributed by atoms with van der Waals surface area (Å²) in [5.41, 5.74) is 3.04. The summed E-state index contributed by atoms with van der Waals surface area (Å²) in [6.45, 7) is 5.56. The minimum atomic E-state index is -0.952. The van der Waals surface area contributed by atoms with E-state index in [1.165, 1.54) is 0 Å². The quantitative estimate of drug-likeness (QED) is 0.215. The maximum absolute atomic E-state index is 12.8. The summed E-state index contributed by atoms with van der Waals surface area (Å²) in [6, 6.07) is 16.2. The standard InChI is InChI=1S/C31H33N3O6/c1-4-39-27(35)17-16-26(31(38)40-5-2)34-29(36)23-12-8-20(9-13-23)6-7-21-10-11-22-14-15-25-28(24(22)18-21)30(37)33-19(3)32-25/h8-15,18,26H,4-7,16-17H2,1-3H3,(H,34,36)(H,32,33,37)/t26-/m0/s1. The SMILES string of the molecule is CCOC(=O)CC[C@H](NC(=O)c1ccc(CCc2ccc3ccc4nc(C)[nH]c(=O)c4c3c2)cc1)C(=O)OCC. The van der Waals surface area contributed by atoms with Crippen LogP contribution < -0.4 is 10.9 Å². The van der Waals surface area contributed by atoms with Crippen molar-refractivity contribution in [2.75, 3.05) is 13.2 Å². The molecule has 0 bridgehead atoms. The first kappa shape index (κ1) is 28.5. The number of aromatic amines is 1. The summed E-state index contributed by atoms with van der Waals surface area (Å²) >= 11 is 0. The van der Waals surface area contributed by atoms with Crippen LogP contribution in [0.25, 0.3) is 21.7 Å². The molecule has 40 heavy (non-hydrogen) atoms. The molecule has 9 heteroatoms. The minimum Gasteiger partial charge on any atom is -0.466 e. The number of carbonyl (C=O) groups excluding carboxylic acids is 3. The van der Waals surface area contributed by atoms with Gasteiger partial charge in [0.05, 0.1) is 24.1 Å². The number of benzene rings is 3. The Bertz CT molecular complexity index is 1590. The van der Waals surface area contributed by atoms with E-state index in [0.717, 1.165) is 34.7 Å². The zero-order valence-corrected chi connectivity index (χ0v) is 22.9. The van der Waals surface area contributed by atoms with E-state index in [-0.39, 0.29) is 31.6 Å². The molecule has 1 aromatic heterocycles. The summed E-state index contributed by atoms with van der Waals surface area (Å²) in [5, 5.41) is 5.11. The highest BCUT2D eigenvalue weighted by atomic mass is 16.5. The Morgan fingerprint density at radius 1 is 0.925 bits per heavy atom. The van der Waals surface area contributed by atoms with E-state index in [0.29, 0.717) is 22.3 Å². The number of fused-ring (bicyclic) bond motifs is 3. The van der Waals surface area contributed by atoms with Crippen LogP contribution in [0.1, 0.15) is 54.0 Å². The van der Waals surface area contributed by atoms with Crippen molar-refractivity contribution in [2.45, 2.75) is 52.5 Å². The summed E-state index contributed by atoms with van der Waals surface area (Å²) in [6.07, 6.45) is 1.56. The van der Waals surface area contributed by atoms with Gasteiger partial charge >= 0.3 is 11.9 Å². The van der Waals surface area contributed by atoms with E-state index in [1.807, 2.05) is 36.4 Å². The maximum Gasteiger partial charge on any atom is 0.328 e. The molecule has 4 rings (SSSR count). The van der Waals surface area contributed by atoms with Gasteiger partial charge in [0.25, 0.3) is 11.5 Å². The van der Waals surface area contributed by atoms with Crippen LogP contribution in [0, 0.1) is 6.92 Å². The van der Waals surface area contributed by atoms with Crippen molar-refractivity contribution in [3.63, 3.8) is 0 Å². The highest BCUT2D eigenvalue weighted by Crippen LogP contribution is 2.24. The van der Waals surface area contributed by atoms with Gasteiger partial charge in [-0.2, -0.15) is 0 Å². The normalized spacial score (nSPS) is 11.8. The molecule has 4 aromatic rings. The van der Waals surface area contributed by atoms with Crippen LogP contribution in [0.2, 0.25) is 0 Å². The van der Waals surface area contributed by atoms with E-state index in [2.05, 4.69) is 21.4 Å². The number of rotatable bonds is 11. The lowest BCUT2D eigenvalue weighted by Crippen LogP contribution is -2.42. The van der Waals surface area contributed by atoms with Crippen LogP contribution in [-0.4, -0.2) is 47.1 Å². The number of nitrogens with zero attached hydrogens (tertiary/aromatic N) is 1. The number of H-pyrrole nitrogens is 1. The van der Waals surface area contributed by atoms with Gasteiger partial charge in [0, 0.05) is 12.0 Å².